The number of carbonyl (C=O) groups is 1. The van der Waals surface area contributed by atoms with Crippen LogP contribution >= 0.6 is 0 Å². The fourth-order valence-electron chi connectivity index (χ4n) is 0.980. The van der Waals surface area contributed by atoms with Crippen molar-refractivity contribution in [3.63, 3.8) is 0 Å². The SMILES string of the molecule is CC.CNCCOc1ccc(OCC(C)=O)cn1. The van der Waals surface area contributed by atoms with Gasteiger partial charge in [0.15, 0.2) is 5.78 Å². The molecule has 0 aliphatic rings. The van der Waals surface area contributed by atoms with Crippen LogP contribution < -0.4 is 14.8 Å². The van der Waals surface area contributed by atoms with Crippen molar-refractivity contribution in [3.8, 4) is 11.6 Å². The number of hydrogen-bond acceptors (Lipinski definition) is 5. The molecular formula is C13H22N2O3. The first-order chi connectivity index (χ1) is 8.72. The Bertz CT molecular complexity index is 326. The lowest BCUT2D eigenvalue weighted by Gasteiger charge is -2.06. The van der Waals surface area contributed by atoms with Crippen LogP contribution in [0.5, 0.6) is 11.6 Å². The van der Waals surface area contributed by atoms with Gasteiger partial charge in [0.1, 0.15) is 19.0 Å². The molecule has 5 nitrogen and oxygen atoms in total. The highest BCUT2D eigenvalue weighted by Crippen LogP contribution is 2.13. The van der Waals surface area contributed by atoms with Crippen LogP contribution in [0.3, 0.4) is 0 Å². The number of pyridine rings is 1. The average Bonchev–Trinajstić information content (AvgIpc) is 2.40. The van der Waals surface area contributed by atoms with E-state index in [1.54, 1.807) is 12.1 Å². The van der Waals surface area contributed by atoms with Gasteiger partial charge in [0.05, 0.1) is 6.20 Å². The van der Waals surface area contributed by atoms with Crippen LogP contribution in [0, 0.1) is 0 Å². The quantitative estimate of drug-likeness (QED) is 0.750. The van der Waals surface area contributed by atoms with Gasteiger partial charge in [-0.3, -0.25) is 4.79 Å². The van der Waals surface area contributed by atoms with E-state index in [9.17, 15) is 4.79 Å². The van der Waals surface area contributed by atoms with E-state index < -0.39 is 0 Å². The number of nitrogens with one attached hydrogen (secondary N) is 1. The molecule has 0 aromatic carbocycles. The van der Waals surface area contributed by atoms with E-state index in [-0.39, 0.29) is 12.4 Å². The Morgan fingerprint density at radius 3 is 2.56 bits per heavy atom. The first-order valence-corrected chi connectivity index (χ1v) is 6.08. The molecule has 1 aromatic heterocycles. The van der Waals surface area contributed by atoms with Gasteiger partial charge in [-0.25, -0.2) is 4.98 Å². The van der Waals surface area contributed by atoms with Crippen LogP contribution in [0.1, 0.15) is 20.8 Å². The van der Waals surface area contributed by atoms with Crippen molar-refractivity contribution in [2.45, 2.75) is 20.8 Å². The van der Waals surface area contributed by atoms with Crippen molar-refractivity contribution >= 4 is 5.78 Å². The Kier molecular flexibility index (Phi) is 9.58. The van der Waals surface area contributed by atoms with E-state index in [2.05, 4.69) is 10.3 Å². The summed E-state index contributed by atoms with van der Waals surface area (Å²) in [5.41, 5.74) is 0. The fraction of sp³-hybridized carbons (Fsp3) is 0.538. The van der Waals surface area contributed by atoms with E-state index in [1.165, 1.54) is 13.1 Å². The molecular weight excluding hydrogens is 232 g/mol. The molecule has 0 amide bonds. The summed E-state index contributed by atoms with van der Waals surface area (Å²) in [6, 6.07) is 3.44. The van der Waals surface area contributed by atoms with Crippen molar-refractivity contribution in [2.24, 2.45) is 0 Å². The summed E-state index contributed by atoms with van der Waals surface area (Å²) < 4.78 is 10.5. The Hall–Kier alpha value is -1.62. The van der Waals surface area contributed by atoms with Crippen LogP contribution in [0.2, 0.25) is 0 Å². The molecule has 102 valence electrons. The maximum Gasteiger partial charge on any atom is 0.213 e. The van der Waals surface area contributed by atoms with Gasteiger partial charge in [0.25, 0.3) is 0 Å². The number of ether oxygens (including phenoxy) is 2. The van der Waals surface area contributed by atoms with Crippen LogP contribution in [0.4, 0.5) is 0 Å². The predicted octanol–water partition coefficient (Wildman–Crippen LogP) is 1.67. The maximum absolute atomic E-state index is 10.7. The largest absolute Gasteiger partial charge is 0.484 e. The Morgan fingerprint density at radius 2 is 2.06 bits per heavy atom. The highest BCUT2D eigenvalue weighted by atomic mass is 16.5. The van der Waals surface area contributed by atoms with Gasteiger partial charge < -0.3 is 14.8 Å². The molecule has 1 rings (SSSR count). The van der Waals surface area contributed by atoms with Gasteiger partial charge in [0, 0.05) is 12.6 Å². The number of hydrogen-bond donors (Lipinski definition) is 1. The molecule has 0 unspecified atom stereocenters. The molecule has 1 aromatic rings. The molecule has 1 heterocycles. The third-order valence-corrected chi connectivity index (χ3v) is 1.75. The number of aromatic nitrogens is 1. The minimum Gasteiger partial charge on any atom is -0.484 e. The summed E-state index contributed by atoms with van der Waals surface area (Å²) in [4.78, 5) is 14.7. The number of Topliss-reactive ketones (excluding diaryl/α,β-unsaturated/α-hetero) is 1. The van der Waals surface area contributed by atoms with Gasteiger partial charge >= 0.3 is 0 Å². The summed E-state index contributed by atoms with van der Waals surface area (Å²) in [6.07, 6.45) is 1.54. The number of nitrogens with zero attached hydrogens (tertiary/aromatic N) is 1. The molecule has 0 fully saturated rings. The first-order valence-electron chi connectivity index (χ1n) is 6.08. The van der Waals surface area contributed by atoms with Crippen molar-refractivity contribution in [1.82, 2.24) is 10.3 Å². The Morgan fingerprint density at radius 1 is 1.33 bits per heavy atom. The number of carbonyl (C=O) groups excluding carboxylic acids is 1. The topological polar surface area (TPSA) is 60.5 Å². The Labute approximate surface area is 109 Å². The van der Waals surface area contributed by atoms with Crippen LogP contribution in [0.25, 0.3) is 0 Å². The van der Waals surface area contributed by atoms with E-state index in [1.807, 2.05) is 20.9 Å². The Balaban J connectivity index is 0.00000137. The summed E-state index contributed by atoms with van der Waals surface area (Å²) in [6.45, 7) is 6.88. The van der Waals surface area contributed by atoms with Crippen LogP contribution in [-0.2, 0) is 4.79 Å². The maximum atomic E-state index is 10.7. The van der Waals surface area contributed by atoms with Crippen molar-refractivity contribution in [1.29, 1.82) is 0 Å². The third kappa shape index (κ3) is 7.62. The van der Waals surface area contributed by atoms with Gasteiger partial charge in [-0.1, -0.05) is 13.8 Å². The second-order valence-corrected chi connectivity index (χ2v) is 3.27. The molecule has 0 saturated carbocycles. The zero-order valence-electron chi connectivity index (χ0n) is 11.5. The second-order valence-electron chi connectivity index (χ2n) is 3.27. The lowest BCUT2D eigenvalue weighted by Crippen LogP contribution is -2.16. The van der Waals surface area contributed by atoms with Crippen molar-refractivity contribution in [3.05, 3.63) is 18.3 Å². The normalized spacial score (nSPS) is 9.11. The summed E-state index contributed by atoms with van der Waals surface area (Å²) >= 11 is 0. The van der Waals surface area contributed by atoms with E-state index in [0.717, 1.165) is 6.54 Å². The zero-order chi connectivity index (χ0) is 13.8. The lowest BCUT2D eigenvalue weighted by atomic mass is 10.4. The molecule has 0 aliphatic carbocycles. The minimum atomic E-state index is -0.0191. The van der Waals surface area contributed by atoms with Crippen molar-refractivity contribution in [2.75, 3.05) is 26.8 Å². The van der Waals surface area contributed by atoms with Gasteiger partial charge in [-0.15, -0.1) is 0 Å². The van der Waals surface area contributed by atoms with Gasteiger partial charge in [0.2, 0.25) is 5.88 Å². The second kappa shape index (κ2) is 10.5. The number of ketones is 1. The zero-order valence-corrected chi connectivity index (χ0v) is 11.5. The molecule has 5 heteroatoms. The van der Waals surface area contributed by atoms with Crippen molar-refractivity contribution < 1.29 is 14.3 Å². The molecule has 0 atom stereocenters. The minimum absolute atomic E-state index is 0.0191. The molecule has 0 spiro atoms. The molecule has 0 saturated heterocycles. The predicted molar refractivity (Wildman–Crippen MR) is 71.2 cm³/mol. The lowest BCUT2D eigenvalue weighted by molar-refractivity contribution is -0.118. The molecule has 18 heavy (non-hydrogen) atoms. The van der Waals surface area contributed by atoms with E-state index >= 15 is 0 Å². The van der Waals surface area contributed by atoms with Gasteiger partial charge in [-0.2, -0.15) is 0 Å². The fourth-order valence-corrected chi connectivity index (χ4v) is 0.980. The summed E-state index contributed by atoms with van der Waals surface area (Å²) in [5.74, 6) is 1.09. The highest BCUT2D eigenvalue weighted by Gasteiger charge is 1.99. The smallest absolute Gasteiger partial charge is 0.213 e. The van der Waals surface area contributed by atoms with Crippen LogP contribution in [0.15, 0.2) is 18.3 Å². The standard InChI is InChI=1S/C11H16N2O3.C2H6/c1-9(14)8-16-10-3-4-11(13-7-10)15-6-5-12-2;1-2/h3-4,7,12H,5-6,8H2,1-2H3;1-2H3. The number of rotatable bonds is 7. The molecule has 0 bridgehead atoms. The summed E-state index contributed by atoms with van der Waals surface area (Å²) in [7, 11) is 1.86. The van der Waals surface area contributed by atoms with E-state index in [0.29, 0.717) is 18.2 Å². The number of likely N-dealkylation sites (N-methyl/N-ethyl adjacent to an activating group) is 1. The average molecular weight is 254 g/mol. The monoisotopic (exact) mass is 254 g/mol. The highest BCUT2D eigenvalue weighted by molar-refractivity contribution is 5.77. The summed E-state index contributed by atoms with van der Waals surface area (Å²) in [5, 5.41) is 2.97. The van der Waals surface area contributed by atoms with Gasteiger partial charge in [-0.05, 0) is 20.0 Å². The first kappa shape index (κ1) is 16.4. The molecule has 1 N–H and O–H groups in total. The van der Waals surface area contributed by atoms with E-state index in [4.69, 9.17) is 9.47 Å². The molecule has 0 radical (unpaired) electrons. The third-order valence-electron chi connectivity index (χ3n) is 1.75. The van der Waals surface area contributed by atoms with Crippen LogP contribution in [-0.4, -0.2) is 37.6 Å². The molecule has 0 aliphatic heterocycles.